The number of benzene rings is 1. The van der Waals surface area contributed by atoms with Gasteiger partial charge in [0.25, 0.3) is 0 Å². The lowest BCUT2D eigenvalue weighted by Crippen LogP contribution is -2.44. The number of fused-ring (bicyclic) bond motifs is 1. The van der Waals surface area contributed by atoms with E-state index < -0.39 is 0 Å². The van der Waals surface area contributed by atoms with E-state index in [-0.39, 0.29) is 11.8 Å². The summed E-state index contributed by atoms with van der Waals surface area (Å²) in [6.45, 7) is 5.29. The summed E-state index contributed by atoms with van der Waals surface area (Å²) in [6.07, 6.45) is 4.86. The lowest BCUT2D eigenvalue weighted by molar-refractivity contribution is -0.126. The minimum absolute atomic E-state index is 0.0876. The van der Waals surface area contributed by atoms with E-state index in [1.807, 2.05) is 12.1 Å². The van der Waals surface area contributed by atoms with Gasteiger partial charge in [-0.05, 0) is 49.6 Å². The number of anilines is 1. The molecular weight excluding hydrogens is 326 g/mol. The topological polar surface area (TPSA) is 48.7 Å². The van der Waals surface area contributed by atoms with Crippen molar-refractivity contribution in [2.24, 2.45) is 5.92 Å². The van der Waals surface area contributed by atoms with Crippen LogP contribution < -0.4 is 10.2 Å². The second-order valence-corrected chi connectivity index (χ2v) is 7.31. The normalized spacial score (nSPS) is 20.2. The summed E-state index contributed by atoms with van der Waals surface area (Å²) in [6, 6.07) is 12.5. The van der Waals surface area contributed by atoms with Gasteiger partial charge in [-0.15, -0.1) is 0 Å². The smallest absolute Gasteiger partial charge is 0.224 e. The Bertz CT molecular complexity index is 729. The average Bonchev–Trinajstić information content (AvgIpc) is 3.32. The standard InChI is InChI=1S/C21H27N3O2/c25-21(18-6-3-11-23(15-18)16-19-7-4-14-26-19)22-10-13-24-12-9-17-5-1-2-8-20(17)24/h1-2,4-5,7-8,14,18H,3,6,9-13,15-16H2,(H,22,25). The van der Waals surface area contributed by atoms with Gasteiger partial charge >= 0.3 is 0 Å². The van der Waals surface area contributed by atoms with Crippen molar-refractivity contribution in [2.45, 2.75) is 25.8 Å². The van der Waals surface area contributed by atoms with Gasteiger partial charge in [-0.1, -0.05) is 18.2 Å². The Morgan fingerprint density at radius 1 is 1.19 bits per heavy atom. The molecule has 2 aromatic rings. The van der Waals surface area contributed by atoms with Gasteiger partial charge in [0.05, 0.1) is 18.7 Å². The molecule has 5 nitrogen and oxygen atoms in total. The molecule has 1 saturated heterocycles. The average molecular weight is 353 g/mol. The molecule has 1 N–H and O–H groups in total. The van der Waals surface area contributed by atoms with Crippen molar-refractivity contribution in [1.29, 1.82) is 0 Å². The highest BCUT2D eigenvalue weighted by atomic mass is 16.3. The number of furan rings is 1. The Morgan fingerprint density at radius 2 is 2.12 bits per heavy atom. The number of likely N-dealkylation sites (tertiary alicyclic amines) is 1. The molecule has 0 radical (unpaired) electrons. The number of carbonyl (C=O) groups is 1. The van der Waals surface area contributed by atoms with E-state index >= 15 is 0 Å². The summed E-state index contributed by atoms with van der Waals surface area (Å²) < 4.78 is 5.43. The molecule has 4 rings (SSSR count). The first-order valence-corrected chi connectivity index (χ1v) is 9.65. The van der Waals surface area contributed by atoms with Crippen LogP contribution in [0.25, 0.3) is 0 Å². The third-order valence-electron chi connectivity index (χ3n) is 5.50. The Morgan fingerprint density at radius 3 is 3.00 bits per heavy atom. The van der Waals surface area contributed by atoms with Crippen LogP contribution in [0.1, 0.15) is 24.2 Å². The van der Waals surface area contributed by atoms with Crippen LogP contribution in [0, 0.1) is 5.92 Å². The number of hydrogen-bond acceptors (Lipinski definition) is 4. The zero-order valence-electron chi connectivity index (χ0n) is 15.2. The van der Waals surface area contributed by atoms with Crippen molar-refractivity contribution in [3.05, 3.63) is 54.0 Å². The number of piperidine rings is 1. The summed E-state index contributed by atoms with van der Waals surface area (Å²) in [4.78, 5) is 17.3. The quantitative estimate of drug-likeness (QED) is 0.867. The van der Waals surface area contributed by atoms with E-state index in [2.05, 4.69) is 39.4 Å². The predicted octanol–water partition coefficient (Wildman–Crippen LogP) is 2.67. The molecule has 1 unspecified atom stereocenters. The minimum atomic E-state index is 0.0876. The fourth-order valence-corrected chi connectivity index (χ4v) is 4.13. The molecular formula is C21H27N3O2. The van der Waals surface area contributed by atoms with Crippen LogP contribution in [-0.2, 0) is 17.8 Å². The molecule has 1 atom stereocenters. The van der Waals surface area contributed by atoms with Gasteiger partial charge in [0.15, 0.2) is 0 Å². The molecule has 0 bridgehead atoms. The second-order valence-electron chi connectivity index (χ2n) is 7.31. The highest BCUT2D eigenvalue weighted by Gasteiger charge is 2.26. The summed E-state index contributed by atoms with van der Waals surface area (Å²) in [7, 11) is 0. The van der Waals surface area contributed by atoms with Gasteiger partial charge in [-0.3, -0.25) is 9.69 Å². The van der Waals surface area contributed by atoms with Crippen LogP contribution in [0.2, 0.25) is 0 Å². The zero-order chi connectivity index (χ0) is 17.8. The SMILES string of the molecule is O=C(NCCN1CCc2ccccc21)C1CCCN(Cc2ccco2)C1. The van der Waals surface area contributed by atoms with Crippen LogP contribution >= 0.6 is 0 Å². The molecule has 2 aliphatic heterocycles. The molecule has 1 aromatic carbocycles. The van der Waals surface area contributed by atoms with Crippen LogP contribution in [0.4, 0.5) is 5.69 Å². The van der Waals surface area contributed by atoms with Crippen LogP contribution in [0.15, 0.2) is 47.1 Å². The summed E-state index contributed by atoms with van der Waals surface area (Å²) in [5.41, 5.74) is 2.74. The molecule has 26 heavy (non-hydrogen) atoms. The van der Waals surface area contributed by atoms with Crippen LogP contribution in [0.3, 0.4) is 0 Å². The monoisotopic (exact) mass is 353 g/mol. The van der Waals surface area contributed by atoms with Gasteiger partial charge in [0.1, 0.15) is 5.76 Å². The first-order valence-electron chi connectivity index (χ1n) is 9.65. The van der Waals surface area contributed by atoms with Gasteiger partial charge in [-0.2, -0.15) is 0 Å². The molecule has 1 aromatic heterocycles. The predicted molar refractivity (Wildman–Crippen MR) is 102 cm³/mol. The Kier molecular flexibility index (Phi) is 5.25. The lowest BCUT2D eigenvalue weighted by atomic mass is 9.97. The number of para-hydroxylation sites is 1. The van der Waals surface area contributed by atoms with E-state index in [0.717, 1.165) is 57.7 Å². The van der Waals surface area contributed by atoms with Crippen molar-refractivity contribution >= 4 is 11.6 Å². The first kappa shape index (κ1) is 17.2. The minimum Gasteiger partial charge on any atom is -0.468 e. The maximum atomic E-state index is 12.6. The Hall–Kier alpha value is -2.27. The summed E-state index contributed by atoms with van der Waals surface area (Å²) in [5, 5.41) is 3.16. The zero-order valence-corrected chi connectivity index (χ0v) is 15.2. The molecule has 5 heteroatoms. The molecule has 1 fully saturated rings. The van der Waals surface area contributed by atoms with Gasteiger partial charge in [0.2, 0.25) is 5.91 Å². The van der Waals surface area contributed by atoms with Crippen molar-refractivity contribution in [2.75, 3.05) is 37.6 Å². The largest absolute Gasteiger partial charge is 0.468 e. The lowest BCUT2D eigenvalue weighted by Gasteiger charge is -2.31. The van der Waals surface area contributed by atoms with Gasteiger partial charge in [0, 0.05) is 31.9 Å². The van der Waals surface area contributed by atoms with E-state index in [1.165, 1.54) is 11.3 Å². The first-order chi connectivity index (χ1) is 12.8. The molecule has 138 valence electrons. The molecule has 0 aliphatic carbocycles. The fourth-order valence-electron chi connectivity index (χ4n) is 4.13. The Balaban J connectivity index is 1.23. The maximum absolute atomic E-state index is 12.6. The third-order valence-corrected chi connectivity index (χ3v) is 5.50. The highest BCUT2D eigenvalue weighted by Crippen LogP contribution is 2.26. The molecule has 2 aliphatic rings. The highest BCUT2D eigenvalue weighted by molar-refractivity contribution is 5.79. The van der Waals surface area contributed by atoms with Crippen molar-refractivity contribution in [3.8, 4) is 0 Å². The maximum Gasteiger partial charge on any atom is 0.224 e. The fraction of sp³-hybridized carbons (Fsp3) is 0.476. The Labute approximate surface area is 155 Å². The van der Waals surface area contributed by atoms with Gasteiger partial charge < -0.3 is 14.6 Å². The van der Waals surface area contributed by atoms with Crippen LogP contribution in [0.5, 0.6) is 0 Å². The van der Waals surface area contributed by atoms with E-state index in [0.29, 0.717) is 6.54 Å². The van der Waals surface area contributed by atoms with E-state index in [1.54, 1.807) is 6.26 Å². The van der Waals surface area contributed by atoms with Gasteiger partial charge in [-0.25, -0.2) is 0 Å². The molecule has 1 amide bonds. The van der Waals surface area contributed by atoms with Crippen molar-refractivity contribution < 1.29 is 9.21 Å². The summed E-state index contributed by atoms with van der Waals surface area (Å²) >= 11 is 0. The number of hydrogen-bond donors (Lipinski definition) is 1. The third kappa shape index (κ3) is 3.93. The van der Waals surface area contributed by atoms with Crippen molar-refractivity contribution in [1.82, 2.24) is 10.2 Å². The van der Waals surface area contributed by atoms with E-state index in [9.17, 15) is 4.79 Å². The number of carbonyl (C=O) groups excluding carboxylic acids is 1. The summed E-state index contributed by atoms with van der Waals surface area (Å²) in [5.74, 6) is 1.25. The van der Waals surface area contributed by atoms with Crippen LogP contribution in [-0.4, -0.2) is 43.5 Å². The number of amides is 1. The van der Waals surface area contributed by atoms with E-state index in [4.69, 9.17) is 4.42 Å². The number of nitrogens with one attached hydrogen (secondary N) is 1. The second kappa shape index (κ2) is 7.96. The molecule has 0 spiro atoms. The number of rotatable bonds is 6. The van der Waals surface area contributed by atoms with Crippen molar-refractivity contribution in [3.63, 3.8) is 0 Å². The molecule has 0 saturated carbocycles. The molecule has 3 heterocycles. The number of nitrogens with zero attached hydrogens (tertiary/aromatic N) is 2.